The average molecular weight is 423 g/mol. The molecule has 7 nitrogen and oxygen atoms in total. The van der Waals surface area contributed by atoms with Crippen LogP contribution < -0.4 is 15.5 Å². The van der Waals surface area contributed by atoms with Gasteiger partial charge in [-0.25, -0.2) is 4.79 Å². The van der Waals surface area contributed by atoms with Gasteiger partial charge in [0, 0.05) is 17.8 Å². The Bertz CT molecular complexity index is 940. The number of hydrogen-bond donors (Lipinski definition) is 3. The predicted octanol–water partition coefficient (Wildman–Crippen LogP) is 3.05. The maximum Gasteiger partial charge on any atom is 0.329 e. The van der Waals surface area contributed by atoms with Crippen molar-refractivity contribution in [3.8, 4) is 0 Å². The second-order valence-electron chi connectivity index (χ2n) is 8.16. The van der Waals surface area contributed by atoms with Crippen LogP contribution in [0.2, 0.25) is 0 Å². The van der Waals surface area contributed by atoms with Crippen LogP contribution in [0.25, 0.3) is 0 Å². The number of rotatable bonds is 7. The first-order chi connectivity index (χ1) is 15.0. The molecule has 0 bridgehead atoms. The van der Waals surface area contributed by atoms with Crippen LogP contribution in [0.3, 0.4) is 0 Å². The van der Waals surface area contributed by atoms with Crippen molar-refractivity contribution in [2.75, 3.05) is 36.4 Å². The van der Waals surface area contributed by atoms with Gasteiger partial charge in [0.2, 0.25) is 0 Å². The third-order valence-corrected chi connectivity index (χ3v) is 6.13. The van der Waals surface area contributed by atoms with E-state index in [2.05, 4.69) is 15.5 Å². The Morgan fingerprint density at radius 3 is 2.55 bits per heavy atom. The molecule has 1 unspecified atom stereocenters. The number of fused-ring (bicyclic) bond motifs is 1. The molecule has 164 valence electrons. The van der Waals surface area contributed by atoms with Gasteiger partial charge in [-0.3, -0.25) is 9.69 Å². The van der Waals surface area contributed by atoms with E-state index < -0.39 is 17.7 Å². The smallest absolute Gasteiger partial charge is 0.329 e. The first kappa shape index (κ1) is 21.3. The van der Waals surface area contributed by atoms with Gasteiger partial charge >= 0.3 is 6.03 Å². The van der Waals surface area contributed by atoms with Crippen molar-refractivity contribution in [3.63, 3.8) is 0 Å². The molecule has 2 aliphatic heterocycles. The van der Waals surface area contributed by atoms with Crippen molar-refractivity contribution >= 4 is 23.3 Å². The van der Waals surface area contributed by atoms with Crippen LogP contribution in [0.4, 0.5) is 16.2 Å². The van der Waals surface area contributed by atoms with Gasteiger partial charge in [-0.1, -0.05) is 37.3 Å². The second-order valence-corrected chi connectivity index (χ2v) is 8.16. The molecule has 31 heavy (non-hydrogen) atoms. The van der Waals surface area contributed by atoms with Crippen molar-refractivity contribution in [2.24, 2.45) is 0 Å². The molecule has 2 heterocycles. The van der Waals surface area contributed by atoms with E-state index in [0.717, 1.165) is 42.9 Å². The molecule has 3 amide bonds. The van der Waals surface area contributed by atoms with E-state index in [9.17, 15) is 14.7 Å². The molecule has 7 heteroatoms. The summed E-state index contributed by atoms with van der Waals surface area (Å²) >= 11 is 0. The molecule has 1 atom stereocenters. The lowest BCUT2D eigenvalue weighted by Gasteiger charge is -2.42. The standard InChI is InChI=1S/C24H30N4O3/c1-2-18-10-12-19(13-11-18)28-23(30)26-21-9-4-3-8-20(21)24(28,31)22(29)25-14-7-17-27-15-5-6-16-27/h3-4,8-13,31H,2,5-7,14-17H2,1H3,(H,25,29)(H,26,30). The number of benzene rings is 2. The van der Waals surface area contributed by atoms with Gasteiger partial charge in [-0.15, -0.1) is 0 Å². The lowest BCUT2D eigenvalue weighted by Crippen LogP contribution is -2.62. The summed E-state index contributed by atoms with van der Waals surface area (Å²) in [6, 6.07) is 13.7. The van der Waals surface area contributed by atoms with Crippen LogP contribution in [0.1, 0.15) is 37.3 Å². The molecular weight excluding hydrogens is 392 g/mol. The van der Waals surface area contributed by atoms with E-state index in [-0.39, 0.29) is 0 Å². The van der Waals surface area contributed by atoms with E-state index in [4.69, 9.17) is 0 Å². The normalized spacial score (nSPS) is 21.0. The fourth-order valence-electron chi connectivity index (χ4n) is 4.38. The zero-order valence-corrected chi connectivity index (χ0v) is 17.9. The maximum absolute atomic E-state index is 13.3. The number of aryl methyl sites for hydroxylation is 1. The molecule has 2 aliphatic rings. The number of hydrogen-bond acceptors (Lipinski definition) is 4. The van der Waals surface area contributed by atoms with Crippen molar-refractivity contribution in [1.29, 1.82) is 0 Å². The molecule has 1 fully saturated rings. The molecule has 0 saturated carbocycles. The van der Waals surface area contributed by atoms with Crippen molar-refractivity contribution in [1.82, 2.24) is 10.2 Å². The number of likely N-dealkylation sites (tertiary alicyclic amines) is 1. The number of carbonyl (C=O) groups is 2. The summed E-state index contributed by atoms with van der Waals surface area (Å²) in [7, 11) is 0. The number of amides is 3. The SMILES string of the molecule is CCc1ccc(N2C(=O)Nc3ccccc3C2(O)C(=O)NCCCN2CCCC2)cc1. The lowest BCUT2D eigenvalue weighted by molar-refractivity contribution is -0.140. The Hall–Kier alpha value is -2.90. The van der Waals surface area contributed by atoms with Crippen LogP contribution in [0.15, 0.2) is 48.5 Å². The predicted molar refractivity (Wildman–Crippen MR) is 121 cm³/mol. The van der Waals surface area contributed by atoms with Crippen molar-refractivity contribution < 1.29 is 14.7 Å². The fourth-order valence-corrected chi connectivity index (χ4v) is 4.38. The van der Waals surface area contributed by atoms with Crippen LogP contribution in [-0.2, 0) is 16.9 Å². The largest absolute Gasteiger partial charge is 0.359 e. The van der Waals surface area contributed by atoms with Crippen LogP contribution >= 0.6 is 0 Å². The molecular formula is C24H30N4O3. The monoisotopic (exact) mass is 422 g/mol. The molecule has 3 N–H and O–H groups in total. The quantitative estimate of drug-likeness (QED) is 0.599. The molecule has 0 spiro atoms. The van der Waals surface area contributed by atoms with Crippen LogP contribution in [-0.4, -0.2) is 48.1 Å². The lowest BCUT2D eigenvalue weighted by atomic mass is 9.94. The minimum absolute atomic E-state index is 0.353. The number of carbonyl (C=O) groups excluding carboxylic acids is 2. The summed E-state index contributed by atoms with van der Waals surface area (Å²) in [5.41, 5.74) is 0.213. The topological polar surface area (TPSA) is 84.9 Å². The highest BCUT2D eigenvalue weighted by molar-refractivity contribution is 6.11. The highest BCUT2D eigenvalue weighted by atomic mass is 16.3. The Morgan fingerprint density at radius 1 is 1.13 bits per heavy atom. The summed E-state index contributed by atoms with van der Waals surface area (Å²) in [6.45, 7) is 5.60. The van der Waals surface area contributed by atoms with Crippen LogP contribution in [0.5, 0.6) is 0 Å². The Labute approximate surface area is 183 Å². The minimum Gasteiger partial charge on any atom is -0.359 e. The fraction of sp³-hybridized carbons (Fsp3) is 0.417. The van der Waals surface area contributed by atoms with Gasteiger partial charge in [0.25, 0.3) is 11.6 Å². The molecule has 0 aromatic heterocycles. The Kier molecular flexibility index (Phi) is 6.25. The van der Waals surface area contributed by atoms with Gasteiger partial charge in [-0.2, -0.15) is 0 Å². The van der Waals surface area contributed by atoms with E-state index in [0.29, 0.717) is 23.5 Å². The number of para-hydroxylation sites is 1. The van der Waals surface area contributed by atoms with E-state index in [1.807, 2.05) is 19.1 Å². The third-order valence-electron chi connectivity index (χ3n) is 6.13. The number of aliphatic hydroxyl groups is 1. The third kappa shape index (κ3) is 4.16. The van der Waals surface area contributed by atoms with E-state index in [1.54, 1.807) is 36.4 Å². The van der Waals surface area contributed by atoms with Crippen LogP contribution in [0, 0.1) is 0 Å². The Balaban J connectivity index is 1.59. The van der Waals surface area contributed by atoms with E-state index >= 15 is 0 Å². The highest BCUT2D eigenvalue weighted by Gasteiger charge is 2.51. The second kappa shape index (κ2) is 9.08. The van der Waals surface area contributed by atoms with Crippen molar-refractivity contribution in [2.45, 2.75) is 38.3 Å². The molecule has 2 aromatic carbocycles. The summed E-state index contributed by atoms with van der Waals surface area (Å²) in [5, 5.41) is 17.4. The number of urea groups is 1. The Morgan fingerprint density at radius 2 is 1.84 bits per heavy atom. The van der Waals surface area contributed by atoms with Gasteiger partial charge in [0.15, 0.2) is 0 Å². The van der Waals surface area contributed by atoms with Gasteiger partial charge < -0.3 is 20.6 Å². The minimum atomic E-state index is -2.14. The summed E-state index contributed by atoms with van der Waals surface area (Å²) in [5.74, 6) is -0.601. The summed E-state index contributed by atoms with van der Waals surface area (Å²) in [6.07, 6.45) is 4.10. The first-order valence-electron chi connectivity index (χ1n) is 11.1. The molecule has 4 rings (SSSR count). The number of nitrogens with zero attached hydrogens (tertiary/aromatic N) is 2. The molecule has 2 aromatic rings. The molecule has 0 radical (unpaired) electrons. The number of anilines is 2. The molecule has 1 saturated heterocycles. The van der Waals surface area contributed by atoms with E-state index in [1.165, 1.54) is 12.8 Å². The van der Waals surface area contributed by atoms with Crippen molar-refractivity contribution in [3.05, 3.63) is 59.7 Å². The summed E-state index contributed by atoms with van der Waals surface area (Å²) in [4.78, 5) is 29.9. The maximum atomic E-state index is 13.3. The zero-order valence-electron chi connectivity index (χ0n) is 17.9. The van der Waals surface area contributed by atoms with Gasteiger partial charge in [0.1, 0.15) is 0 Å². The zero-order chi connectivity index (χ0) is 21.8. The van der Waals surface area contributed by atoms with Gasteiger partial charge in [-0.05, 0) is 69.1 Å². The average Bonchev–Trinajstić information content (AvgIpc) is 3.30. The number of nitrogens with one attached hydrogen (secondary N) is 2. The molecule has 0 aliphatic carbocycles. The highest BCUT2D eigenvalue weighted by Crippen LogP contribution is 2.39. The first-order valence-corrected chi connectivity index (χ1v) is 11.1. The summed E-state index contributed by atoms with van der Waals surface area (Å²) < 4.78 is 0. The van der Waals surface area contributed by atoms with Gasteiger partial charge in [0.05, 0.1) is 5.69 Å².